The van der Waals surface area contributed by atoms with Gasteiger partial charge >= 0.3 is 0 Å². The molecule has 1 N–H and O–H groups in total. The number of hydrogen-bond donors (Lipinski definition) is 1. The van der Waals surface area contributed by atoms with Gasteiger partial charge in [-0.25, -0.2) is 0 Å². The van der Waals surface area contributed by atoms with Crippen molar-refractivity contribution < 1.29 is 4.42 Å². The standard InChI is InChI=1S/C27H25N3OS2/c1-17-7-9-21(10-8-17)33-24-12-11-23(31-24)26-25(22-6-4-5-13-28-22)29-27(32)30(26)20-15-18(2)14-19(3)16-20/h4-16,25-26H,1-3H3,(H,29,32)/t25-,26+/m0/s1. The molecule has 1 aliphatic heterocycles. The van der Waals surface area contributed by atoms with Crippen LogP contribution in [0.5, 0.6) is 0 Å². The number of benzene rings is 2. The highest BCUT2D eigenvalue weighted by atomic mass is 32.2. The SMILES string of the molecule is Cc1ccc(Sc2ccc([C@@H]3[C@H](c4ccccn4)NC(=S)N3c3cc(C)cc(C)c3)o2)cc1. The molecule has 2 aromatic heterocycles. The molecular weight excluding hydrogens is 446 g/mol. The number of anilines is 1. The molecule has 4 aromatic rings. The van der Waals surface area contributed by atoms with Crippen molar-refractivity contribution in [1.82, 2.24) is 10.3 Å². The summed E-state index contributed by atoms with van der Waals surface area (Å²) >= 11 is 7.45. The first kappa shape index (κ1) is 21.7. The molecule has 0 saturated carbocycles. The van der Waals surface area contributed by atoms with Crippen LogP contribution in [0.2, 0.25) is 0 Å². The number of thiocarbonyl (C=S) groups is 1. The quantitative estimate of drug-likeness (QED) is 0.318. The Kier molecular flexibility index (Phi) is 5.96. The van der Waals surface area contributed by atoms with Gasteiger partial charge in [-0.2, -0.15) is 0 Å². The van der Waals surface area contributed by atoms with Gasteiger partial charge in [0.1, 0.15) is 11.8 Å². The minimum Gasteiger partial charge on any atom is -0.452 e. The second-order valence-electron chi connectivity index (χ2n) is 8.41. The summed E-state index contributed by atoms with van der Waals surface area (Å²) in [6.07, 6.45) is 1.82. The minimum atomic E-state index is -0.152. The topological polar surface area (TPSA) is 41.3 Å². The Bertz CT molecular complexity index is 1260. The molecule has 1 aliphatic rings. The van der Waals surface area contributed by atoms with Crippen molar-refractivity contribution >= 4 is 34.8 Å². The first-order valence-electron chi connectivity index (χ1n) is 10.9. The molecular formula is C27H25N3OS2. The lowest BCUT2D eigenvalue weighted by atomic mass is 10.0. The van der Waals surface area contributed by atoms with Crippen molar-refractivity contribution in [3.05, 3.63) is 107 Å². The molecule has 166 valence electrons. The second kappa shape index (κ2) is 9.04. The average Bonchev–Trinajstić information content (AvgIpc) is 3.39. The second-order valence-corrected chi connectivity index (χ2v) is 9.88. The molecule has 0 aliphatic carbocycles. The fourth-order valence-corrected chi connectivity index (χ4v) is 5.41. The molecule has 2 aromatic carbocycles. The molecule has 0 unspecified atom stereocenters. The average molecular weight is 472 g/mol. The molecule has 5 rings (SSSR count). The largest absolute Gasteiger partial charge is 0.452 e. The monoisotopic (exact) mass is 471 g/mol. The highest BCUT2D eigenvalue weighted by Gasteiger charge is 2.42. The first-order valence-corrected chi connectivity index (χ1v) is 12.1. The van der Waals surface area contributed by atoms with Crippen LogP contribution in [0.4, 0.5) is 5.69 Å². The number of nitrogens with one attached hydrogen (secondary N) is 1. The maximum atomic E-state index is 6.41. The van der Waals surface area contributed by atoms with Gasteiger partial charge < -0.3 is 14.6 Å². The maximum Gasteiger partial charge on any atom is 0.174 e. The molecule has 6 heteroatoms. The van der Waals surface area contributed by atoms with Crippen LogP contribution < -0.4 is 10.2 Å². The van der Waals surface area contributed by atoms with Crippen LogP contribution in [-0.4, -0.2) is 10.1 Å². The lowest BCUT2D eigenvalue weighted by Gasteiger charge is -2.26. The van der Waals surface area contributed by atoms with E-state index in [0.717, 1.165) is 27.1 Å². The number of furan rings is 1. The zero-order valence-corrected chi connectivity index (χ0v) is 20.4. The van der Waals surface area contributed by atoms with Crippen molar-refractivity contribution in [2.45, 2.75) is 42.8 Å². The van der Waals surface area contributed by atoms with Crippen LogP contribution in [0, 0.1) is 20.8 Å². The third-order valence-electron chi connectivity index (χ3n) is 5.72. The van der Waals surface area contributed by atoms with E-state index in [2.05, 4.69) is 84.5 Å². The van der Waals surface area contributed by atoms with Crippen LogP contribution >= 0.6 is 24.0 Å². The third-order valence-corrected chi connectivity index (χ3v) is 6.96. The molecule has 1 fully saturated rings. The van der Waals surface area contributed by atoms with E-state index in [1.165, 1.54) is 16.7 Å². The van der Waals surface area contributed by atoms with Gasteiger partial charge in [0.2, 0.25) is 0 Å². The van der Waals surface area contributed by atoms with Crippen LogP contribution in [-0.2, 0) is 0 Å². The van der Waals surface area contributed by atoms with E-state index in [1.807, 2.05) is 30.5 Å². The van der Waals surface area contributed by atoms with Crippen molar-refractivity contribution in [3.63, 3.8) is 0 Å². The Hall–Kier alpha value is -3.09. The third kappa shape index (κ3) is 4.54. The zero-order chi connectivity index (χ0) is 22.9. The van der Waals surface area contributed by atoms with Gasteiger partial charge in [0.25, 0.3) is 0 Å². The van der Waals surface area contributed by atoms with Gasteiger partial charge in [-0.3, -0.25) is 4.98 Å². The summed E-state index contributed by atoms with van der Waals surface area (Å²) in [4.78, 5) is 7.93. The molecule has 4 nitrogen and oxygen atoms in total. The van der Waals surface area contributed by atoms with Crippen LogP contribution in [0.1, 0.15) is 40.2 Å². The Morgan fingerprint density at radius 3 is 2.36 bits per heavy atom. The van der Waals surface area contributed by atoms with Crippen LogP contribution in [0.25, 0.3) is 0 Å². The van der Waals surface area contributed by atoms with E-state index in [9.17, 15) is 0 Å². The molecule has 33 heavy (non-hydrogen) atoms. The van der Waals surface area contributed by atoms with E-state index in [1.54, 1.807) is 11.8 Å². The van der Waals surface area contributed by atoms with E-state index in [4.69, 9.17) is 16.6 Å². The van der Waals surface area contributed by atoms with Crippen molar-refractivity contribution in [2.75, 3.05) is 4.90 Å². The maximum absolute atomic E-state index is 6.41. The Labute approximate surface area is 204 Å². The van der Waals surface area contributed by atoms with E-state index in [0.29, 0.717) is 5.11 Å². The Balaban J connectivity index is 1.54. The highest BCUT2D eigenvalue weighted by Crippen LogP contribution is 2.43. The van der Waals surface area contributed by atoms with E-state index < -0.39 is 0 Å². The van der Waals surface area contributed by atoms with Gasteiger partial charge in [-0.05, 0) is 92.6 Å². The minimum absolute atomic E-state index is 0.122. The van der Waals surface area contributed by atoms with Crippen molar-refractivity contribution in [2.24, 2.45) is 0 Å². The predicted octanol–water partition coefficient (Wildman–Crippen LogP) is 6.93. The number of aromatic nitrogens is 1. The van der Waals surface area contributed by atoms with E-state index in [-0.39, 0.29) is 12.1 Å². The molecule has 0 radical (unpaired) electrons. The van der Waals surface area contributed by atoms with Gasteiger partial charge in [0.05, 0.1) is 11.7 Å². The fourth-order valence-electron chi connectivity index (χ4n) is 4.28. The predicted molar refractivity (Wildman–Crippen MR) is 138 cm³/mol. The normalized spacial score (nSPS) is 17.9. The van der Waals surface area contributed by atoms with Gasteiger partial charge in [0, 0.05) is 16.8 Å². The van der Waals surface area contributed by atoms with Gasteiger partial charge in [-0.1, -0.05) is 41.6 Å². The summed E-state index contributed by atoms with van der Waals surface area (Å²) in [7, 11) is 0. The number of aryl methyl sites for hydroxylation is 3. The molecule has 3 heterocycles. The molecule has 0 bridgehead atoms. The summed E-state index contributed by atoms with van der Waals surface area (Å²) in [6, 6.07) is 24.8. The molecule has 1 saturated heterocycles. The molecule has 2 atom stereocenters. The highest BCUT2D eigenvalue weighted by molar-refractivity contribution is 7.99. The smallest absolute Gasteiger partial charge is 0.174 e. The summed E-state index contributed by atoms with van der Waals surface area (Å²) in [6.45, 7) is 6.31. The van der Waals surface area contributed by atoms with Gasteiger partial charge in [0.15, 0.2) is 10.2 Å². The van der Waals surface area contributed by atoms with Crippen molar-refractivity contribution in [3.8, 4) is 0 Å². The summed E-state index contributed by atoms with van der Waals surface area (Å²) in [5, 5.41) is 5.02. The van der Waals surface area contributed by atoms with Crippen LogP contribution in [0.15, 0.2) is 93.4 Å². The zero-order valence-electron chi connectivity index (χ0n) is 18.8. The van der Waals surface area contributed by atoms with E-state index >= 15 is 0 Å². The number of rotatable bonds is 5. The lowest BCUT2D eigenvalue weighted by Crippen LogP contribution is -2.29. The molecule has 0 spiro atoms. The fraction of sp³-hybridized carbons (Fsp3) is 0.185. The summed E-state index contributed by atoms with van der Waals surface area (Å²) in [5.74, 6) is 0.853. The number of pyridine rings is 1. The summed E-state index contributed by atoms with van der Waals surface area (Å²) < 4.78 is 6.41. The number of nitrogens with zero attached hydrogens (tertiary/aromatic N) is 2. The summed E-state index contributed by atoms with van der Waals surface area (Å²) in [5.41, 5.74) is 5.62. The Morgan fingerprint density at radius 2 is 1.67 bits per heavy atom. The van der Waals surface area contributed by atoms with Crippen LogP contribution in [0.3, 0.4) is 0 Å². The van der Waals surface area contributed by atoms with Gasteiger partial charge in [-0.15, -0.1) is 0 Å². The first-order chi connectivity index (χ1) is 16.0. The number of hydrogen-bond acceptors (Lipinski definition) is 4. The van der Waals surface area contributed by atoms with Crippen molar-refractivity contribution in [1.29, 1.82) is 0 Å². The Morgan fingerprint density at radius 1 is 0.909 bits per heavy atom. The molecule has 0 amide bonds. The lowest BCUT2D eigenvalue weighted by molar-refractivity contribution is 0.383.